The van der Waals surface area contributed by atoms with Crippen LogP contribution in [0.4, 0.5) is 11.4 Å². The Bertz CT molecular complexity index is 941. The number of aliphatic hydroxyl groups excluding tert-OH is 1. The maximum atomic E-state index is 14.7. The minimum absolute atomic E-state index is 0.135. The highest BCUT2D eigenvalue weighted by atomic mass is 31.2. The van der Waals surface area contributed by atoms with Gasteiger partial charge in [-0.3, -0.25) is 4.57 Å². The highest BCUT2D eigenvalue weighted by Gasteiger charge is 2.42. The molecule has 6 heteroatoms. The van der Waals surface area contributed by atoms with E-state index in [2.05, 4.69) is 20.8 Å². The zero-order valence-electron chi connectivity index (χ0n) is 21.2. The molecular weight excluding hydrogens is 431 g/mol. The Balaban J connectivity index is 2.02. The van der Waals surface area contributed by atoms with Crippen molar-refractivity contribution in [2.75, 3.05) is 38.0 Å². The van der Waals surface area contributed by atoms with Crippen LogP contribution in [0.25, 0.3) is 0 Å². The largest absolute Gasteiger partial charge is 0.378 e. The van der Waals surface area contributed by atoms with Crippen molar-refractivity contribution >= 4 is 24.0 Å². The molecule has 0 unspecified atom stereocenters. The molecule has 33 heavy (non-hydrogen) atoms. The van der Waals surface area contributed by atoms with Gasteiger partial charge in [-0.15, -0.1) is 0 Å². The van der Waals surface area contributed by atoms with E-state index in [1.54, 1.807) is 0 Å². The van der Waals surface area contributed by atoms with E-state index < -0.39 is 13.2 Å². The quantitative estimate of drug-likeness (QED) is 0.486. The van der Waals surface area contributed by atoms with E-state index in [-0.39, 0.29) is 6.10 Å². The molecule has 1 aliphatic rings. The lowest BCUT2D eigenvalue weighted by atomic mass is 9.75. The van der Waals surface area contributed by atoms with Gasteiger partial charge in [-0.05, 0) is 72.6 Å². The molecule has 0 heterocycles. The van der Waals surface area contributed by atoms with E-state index in [0.717, 1.165) is 24.2 Å². The van der Waals surface area contributed by atoms with Crippen LogP contribution >= 0.6 is 7.37 Å². The van der Waals surface area contributed by atoms with Gasteiger partial charge in [0.15, 0.2) is 5.85 Å². The highest BCUT2D eigenvalue weighted by Crippen LogP contribution is 2.60. The molecule has 0 aromatic heterocycles. The molecule has 5 atom stereocenters. The second-order valence-corrected chi connectivity index (χ2v) is 12.7. The van der Waals surface area contributed by atoms with Gasteiger partial charge in [-0.1, -0.05) is 39.3 Å². The summed E-state index contributed by atoms with van der Waals surface area (Å²) >= 11 is 0. The number of hydrogen-bond donors (Lipinski definition) is 1. The van der Waals surface area contributed by atoms with Crippen LogP contribution in [0.1, 0.15) is 51.4 Å². The Morgan fingerprint density at radius 1 is 0.909 bits per heavy atom. The molecule has 1 saturated carbocycles. The van der Waals surface area contributed by atoms with Gasteiger partial charge in [0, 0.05) is 44.9 Å². The summed E-state index contributed by atoms with van der Waals surface area (Å²) in [6.45, 7) is 6.66. The van der Waals surface area contributed by atoms with Crippen molar-refractivity contribution in [3.8, 4) is 0 Å². The van der Waals surface area contributed by atoms with Crippen molar-refractivity contribution < 1.29 is 14.2 Å². The van der Waals surface area contributed by atoms with Crippen molar-refractivity contribution in [3.63, 3.8) is 0 Å². The van der Waals surface area contributed by atoms with Crippen LogP contribution in [0.5, 0.6) is 0 Å². The Kier molecular flexibility index (Phi) is 8.31. The molecule has 1 aliphatic carbocycles. The second kappa shape index (κ2) is 10.6. The van der Waals surface area contributed by atoms with Gasteiger partial charge in [-0.2, -0.15) is 0 Å². The number of benzene rings is 2. The van der Waals surface area contributed by atoms with E-state index in [1.807, 2.05) is 86.5 Å². The van der Waals surface area contributed by atoms with E-state index in [1.165, 1.54) is 6.42 Å². The fraction of sp³-hybridized carbons (Fsp3) is 0.556. The van der Waals surface area contributed by atoms with Gasteiger partial charge in [0.1, 0.15) is 0 Å². The third-order valence-corrected chi connectivity index (χ3v) is 9.55. The summed E-state index contributed by atoms with van der Waals surface area (Å²) in [5.74, 6) is 0.0672. The molecular formula is C27H41N2O3P. The molecule has 0 spiro atoms. The number of nitrogens with zero attached hydrogens (tertiary/aromatic N) is 2. The molecule has 182 valence electrons. The van der Waals surface area contributed by atoms with Crippen LogP contribution in [-0.2, 0) is 9.09 Å². The van der Waals surface area contributed by atoms with Gasteiger partial charge >= 0.3 is 0 Å². The predicted octanol–water partition coefficient (Wildman–Crippen LogP) is 5.89. The maximum absolute atomic E-state index is 14.7. The van der Waals surface area contributed by atoms with Crippen molar-refractivity contribution in [2.24, 2.45) is 17.8 Å². The van der Waals surface area contributed by atoms with Crippen molar-refractivity contribution in [3.05, 3.63) is 54.1 Å². The number of anilines is 2. The zero-order valence-corrected chi connectivity index (χ0v) is 22.1. The number of hydrogen-bond acceptors (Lipinski definition) is 5. The molecule has 3 rings (SSSR count). The van der Waals surface area contributed by atoms with Crippen LogP contribution in [-0.4, -0.2) is 39.4 Å². The zero-order chi connectivity index (χ0) is 24.3. The van der Waals surface area contributed by atoms with Gasteiger partial charge in [0.25, 0.3) is 7.37 Å². The fourth-order valence-corrected chi connectivity index (χ4v) is 7.09. The van der Waals surface area contributed by atoms with E-state index in [4.69, 9.17) is 4.52 Å². The average molecular weight is 473 g/mol. The third-order valence-electron chi connectivity index (χ3n) is 7.01. The summed E-state index contributed by atoms with van der Waals surface area (Å²) in [6.07, 6.45) is 2.97. The normalized spacial score (nSPS) is 23.7. The first kappa shape index (κ1) is 25.8. The molecule has 0 saturated heterocycles. The standard InChI is InChI=1S/C27H41N2O3P/c1-19(2)25-17-8-20(3)18-26(25)32-33(31,24-15-13-23(14-16-24)29(6)7)27(30)21-9-11-22(12-10-21)28(4)5/h9-16,19-20,25-27,30H,8,17-18H2,1-7H3/t20-,25-,26+,27-,33-/m0/s1. The Morgan fingerprint density at radius 3 is 1.91 bits per heavy atom. The highest BCUT2D eigenvalue weighted by molar-refractivity contribution is 7.67. The average Bonchev–Trinajstić information content (AvgIpc) is 2.78. The third kappa shape index (κ3) is 5.82. The van der Waals surface area contributed by atoms with Crippen molar-refractivity contribution in [2.45, 2.75) is 52.0 Å². The van der Waals surface area contributed by atoms with E-state index >= 15 is 0 Å². The van der Waals surface area contributed by atoms with Gasteiger partial charge in [-0.25, -0.2) is 0 Å². The monoisotopic (exact) mass is 472 g/mol. The molecule has 1 N–H and O–H groups in total. The smallest absolute Gasteiger partial charge is 0.264 e. The second-order valence-electron chi connectivity index (χ2n) is 10.3. The lowest BCUT2D eigenvalue weighted by molar-refractivity contribution is 0.0427. The lowest BCUT2D eigenvalue weighted by Gasteiger charge is -2.40. The molecule has 2 aromatic carbocycles. The number of rotatable bonds is 8. The summed E-state index contributed by atoms with van der Waals surface area (Å²) in [4.78, 5) is 4.01. The van der Waals surface area contributed by atoms with E-state index in [9.17, 15) is 9.67 Å². The van der Waals surface area contributed by atoms with Gasteiger partial charge in [0.05, 0.1) is 6.10 Å². The molecule has 2 aromatic rings. The summed E-state index contributed by atoms with van der Waals surface area (Å²) in [5, 5.41) is 12.1. The summed E-state index contributed by atoms with van der Waals surface area (Å²) in [7, 11) is 4.28. The summed E-state index contributed by atoms with van der Waals surface area (Å²) in [6, 6.07) is 15.2. The first-order chi connectivity index (χ1) is 15.5. The Labute approximate surface area is 200 Å². The number of aliphatic hydroxyl groups is 1. The van der Waals surface area contributed by atoms with Gasteiger partial charge < -0.3 is 19.4 Å². The van der Waals surface area contributed by atoms with Crippen LogP contribution in [0, 0.1) is 17.8 Å². The first-order valence-corrected chi connectivity index (χ1v) is 13.7. The summed E-state index contributed by atoms with van der Waals surface area (Å²) in [5.41, 5.74) is 2.66. The van der Waals surface area contributed by atoms with Crippen molar-refractivity contribution in [1.29, 1.82) is 0 Å². The minimum Gasteiger partial charge on any atom is -0.378 e. The summed E-state index contributed by atoms with van der Waals surface area (Å²) < 4.78 is 21.2. The van der Waals surface area contributed by atoms with Crippen LogP contribution < -0.4 is 15.1 Å². The SMILES string of the molecule is CC(C)[C@@H]1CC[C@H](C)C[C@H]1O[P@@](=O)(c1ccc(N(C)C)cc1)[C@H](O)c1ccc(N(C)C)cc1. The maximum Gasteiger partial charge on any atom is 0.264 e. The van der Waals surface area contributed by atoms with Crippen molar-refractivity contribution in [1.82, 2.24) is 0 Å². The van der Waals surface area contributed by atoms with Gasteiger partial charge in [0.2, 0.25) is 0 Å². The molecule has 0 bridgehead atoms. The predicted molar refractivity (Wildman–Crippen MR) is 140 cm³/mol. The Hall–Kier alpha value is -1.81. The first-order valence-electron chi connectivity index (χ1n) is 12.0. The fourth-order valence-electron chi connectivity index (χ4n) is 4.80. The molecule has 0 amide bonds. The van der Waals surface area contributed by atoms with Crippen LogP contribution in [0.15, 0.2) is 48.5 Å². The van der Waals surface area contributed by atoms with E-state index in [0.29, 0.717) is 28.6 Å². The minimum atomic E-state index is -3.62. The molecule has 0 radical (unpaired) electrons. The molecule has 1 fully saturated rings. The van der Waals surface area contributed by atoms with Crippen LogP contribution in [0.2, 0.25) is 0 Å². The Morgan fingerprint density at radius 2 is 1.42 bits per heavy atom. The molecule has 5 nitrogen and oxygen atoms in total. The topological polar surface area (TPSA) is 53.0 Å². The van der Waals surface area contributed by atoms with Crippen LogP contribution in [0.3, 0.4) is 0 Å². The molecule has 0 aliphatic heterocycles. The lowest BCUT2D eigenvalue weighted by Crippen LogP contribution is -2.35.